The molecule has 16 heavy (non-hydrogen) atoms. The number of aromatic nitrogens is 1. The van der Waals surface area contributed by atoms with E-state index in [1.807, 2.05) is 12.1 Å². The Morgan fingerprint density at radius 2 is 2.12 bits per heavy atom. The van der Waals surface area contributed by atoms with E-state index in [0.717, 1.165) is 25.9 Å². The molecule has 0 amide bonds. The predicted molar refractivity (Wildman–Crippen MR) is 63.3 cm³/mol. The molecule has 0 radical (unpaired) electrons. The van der Waals surface area contributed by atoms with Crippen molar-refractivity contribution < 1.29 is 9.84 Å². The van der Waals surface area contributed by atoms with Gasteiger partial charge in [0.25, 0.3) is 0 Å². The molecule has 4 nitrogen and oxygen atoms in total. The van der Waals surface area contributed by atoms with Crippen LogP contribution in [0.25, 0.3) is 0 Å². The fourth-order valence-corrected chi connectivity index (χ4v) is 1.45. The summed E-state index contributed by atoms with van der Waals surface area (Å²) >= 11 is 0. The minimum Gasteiger partial charge on any atom is -0.391 e. The smallest absolute Gasteiger partial charge is 0.0785 e. The molecule has 4 heteroatoms. The Labute approximate surface area is 96.7 Å². The van der Waals surface area contributed by atoms with Crippen LogP contribution in [0.1, 0.15) is 12.0 Å². The lowest BCUT2D eigenvalue weighted by Crippen LogP contribution is -2.24. The van der Waals surface area contributed by atoms with Crippen LogP contribution in [0.15, 0.2) is 24.5 Å². The van der Waals surface area contributed by atoms with E-state index in [2.05, 4.69) is 10.3 Å². The molecule has 0 bridgehead atoms. The van der Waals surface area contributed by atoms with Crippen molar-refractivity contribution in [2.45, 2.75) is 18.9 Å². The zero-order valence-electron chi connectivity index (χ0n) is 9.72. The fourth-order valence-electron chi connectivity index (χ4n) is 1.45. The lowest BCUT2D eigenvalue weighted by molar-refractivity contribution is 0.0595. The van der Waals surface area contributed by atoms with Gasteiger partial charge in [-0.25, -0.2) is 0 Å². The van der Waals surface area contributed by atoms with E-state index in [-0.39, 0.29) is 6.10 Å². The van der Waals surface area contributed by atoms with Crippen LogP contribution < -0.4 is 5.32 Å². The van der Waals surface area contributed by atoms with Gasteiger partial charge in [-0.1, -0.05) is 0 Å². The van der Waals surface area contributed by atoms with Crippen molar-refractivity contribution in [3.63, 3.8) is 0 Å². The van der Waals surface area contributed by atoms with Gasteiger partial charge in [0.15, 0.2) is 0 Å². The number of hydrogen-bond acceptors (Lipinski definition) is 4. The maximum absolute atomic E-state index is 9.39. The Balaban J connectivity index is 2.00. The van der Waals surface area contributed by atoms with Gasteiger partial charge in [0, 0.05) is 19.5 Å². The maximum Gasteiger partial charge on any atom is 0.0785 e. The first-order valence-corrected chi connectivity index (χ1v) is 5.59. The average molecular weight is 224 g/mol. The normalized spacial score (nSPS) is 12.6. The first-order valence-electron chi connectivity index (χ1n) is 5.59. The Hall–Kier alpha value is -0.970. The van der Waals surface area contributed by atoms with Crippen LogP contribution in [-0.2, 0) is 11.2 Å². The molecular formula is C12H20N2O2. The van der Waals surface area contributed by atoms with Crippen LogP contribution in [0.3, 0.4) is 0 Å². The topological polar surface area (TPSA) is 54.4 Å². The van der Waals surface area contributed by atoms with Gasteiger partial charge >= 0.3 is 0 Å². The monoisotopic (exact) mass is 224 g/mol. The first kappa shape index (κ1) is 13.1. The minimum atomic E-state index is -0.363. The Bertz CT molecular complexity index is 267. The zero-order valence-corrected chi connectivity index (χ0v) is 9.72. The van der Waals surface area contributed by atoms with Crippen molar-refractivity contribution in [2.75, 3.05) is 26.8 Å². The summed E-state index contributed by atoms with van der Waals surface area (Å²) in [4.78, 5) is 3.97. The summed E-state index contributed by atoms with van der Waals surface area (Å²) < 4.78 is 4.85. The van der Waals surface area contributed by atoms with E-state index in [4.69, 9.17) is 4.74 Å². The summed E-state index contributed by atoms with van der Waals surface area (Å²) in [6.07, 6.45) is 4.96. The number of ether oxygens (including phenoxy) is 1. The number of nitrogens with one attached hydrogen (secondary N) is 1. The van der Waals surface area contributed by atoms with Crippen molar-refractivity contribution >= 4 is 0 Å². The second-order valence-electron chi connectivity index (χ2n) is 3.75. The van der Waals surface area contributed by atoms with Crippen LogP contribution in [0, 0.1) is 0 Å². The summed E-state index contributed by atoms with van der Waals surface area (Å²) in [6, 6.07) is 4.03. The first-order chi connectivity index (χ1) is 7.83. The average Bonchev–Trinajstić information content (AvgIpc) is 2.30. The zero-order chi connectivity index (χ0) is 11.6. The Morgan fingerprint density at radius 3 is 2.81 bits per heavy atom. The van der Waals surface area contributed by atoms with Crippen LogP contribution in [0.5, 0.6) is 0 Å². The molecule has 1 aromatic rings. The largest absolute Gasteiger partial charge is 0.391 e. The highest BCUT2D eigenvalue weighted by molar-refractivity contribution is 5.09. The molecular weight excluding hydrogens is 204 g/mol. The molecule has 0 saturated carbocycles. The van der Waals surface area contributed by atoms with Gasteiger partial charge in [0.1, 0.15) is 0 Å². The van der Waals surface area contributed by atoms with Crippen LogP contribution in [0.4, 0.5) is 0 Å². The second-order valence-corrected chi connectivity index (χ2v) is 3.75. The van der Waals surface area contributed by atoms with E-state index in [1.54, 1.807) is 19.5 Å². The number of aliphatic hydroxyl groups excluding tert-OH is 1. The van der Waals surface area contributed by atoms with E-state index >= 15 is 0 Å². The third-order valence-electron chi connectivity index (χ3n) is 2.35. The molecule has 0 aliphatic heterocycles. The number of hydrogen-bond donors (Lipinski definition) is 2. The van der Waals surface area contributed by atoms with E-state index < -0.39 is 0 Å². The highest BCUT2D eigenvalue weighted by Gasteiger charge is 2.01. The molecule has 2 N–H and O–H groups in total. The van der Waals surface area contributed by atoms with E-state index in [1.165, 1.54) is 5.56 Å². The molecule has 1 heterocycles. The van der Waals surface area contributed by atoms with Gasteiger partial charge in [-0.3, -0.25) is 4.98 Å². The number of nitrogens with zero attached hydrogens (tertiary/aromatic N) is 1. The molecule has 0 aliphatic rings. The molecule has 1 atom stereocenters. The summed E-state index contributed by atoms with van der Waals surface area (Å²) in [5.74, 6) is 0. The summed E-state index contributed by atoms with van der Waals surface area (Å²) in [5, 5.41) is 12.7. The molecule has 0 aliphatic carbocycles. The highest BCUT2D eigenvalue weighted by Crippen LogP contribution is 1.96. The lowest BCUT2D eigenvalue weighted by atomic mass is 10.2. The molecule has 0 spiro atoms. The van der Waals surface area contributed by atoms with Crippen molar-refractivity contribution in [3.05, 3.63) is 30.1 Å². The molecule has 0 aromatic carbocycles. The Kier molecular flexibility index (Phi) is 6.72. The van der Waals surface area contributed by atoms with Crippen LogP contribution in [-0.4, -0.2) is 43.0 Å². The molecule has 0 fully saturated rings. The Morgan fingerprint density at radius 1 is 1.38 bits per heavy atom. The van der Waals surface area contributed by atoms with Gasteiger partial charge in [-0.2, -0.15) is 0 Å². The van der Waals surface area contributed by atoms with Crippen LogP contribution >= 0.6 is 0 Å². The van der Waals surface area contributed by atoms with E-state index in [0.29, 0.717) is 6.61 Å². The molecule has 1 unspecified atom stereocenters. The lowest BCUT2D eigenvalue weighted by Gasteiger charge is -2.09. The van der Waals surface area contributed by atoms with Gasteiger partial charge in [0.2, 0.25) is 0 Å². The summed E-state index contributed by atoms with van der Waals surface area (Å²) in [5.41, 5.74) is 1.28. The van der Waals surface area contributed by atoms with Gasteiger partial charge < -0.3 is 15.2 Å². The second kappa shape index (κ2) is 8.21. The number of pyridine rings is 1. The third-order valence-corrected chi connectivity index (χ3v) is 2.35. The summed E-state index contributed by atoms with van der Waals surface area (Å²) in [6.45, 7) is 2.14. The predicted octanol–water partition coefficient (Wildman–Crippen LogP) is 0.611. The molecule has 0 saturated heterocycles. The summed E-state index contributed by atoms with van der Waals surface area (Å²) in [7, 11) is 1.60. The van der Waals surface area contributed by atoms with Crippen molar-refractivity contribution in [1.82, 2.24) is 10.3 Å². The molecule has 1 aromatic heterocycles. The van der Waals surface area contributed by atoms with Gasteiger partial charge in [-0.15, -0.1) is 0 Å². The van der Waals surface area contributed by atoms with Gasteiger partial charge in [-0.05, 0) is 43.6 Å². The maximum atomic E-state index is 9.39. The fraction of sp³-hybridized carbons (Fsp3) is 0.583. The number of aliphatic hydroxyl groups is 1. The standard InChI is InChI=1S/C12H20N2O2/c1-16-10-12(15)5-9-14-8-4-11-2-6-13-7-3-11/h2-3,6-7,12,14-15H,4-5,8-10H2,1H3. The van der Waals surface area contributed by atoms with Crippen molar-refractivity contribution in [2.24, 2.45) is 0 Å². The van der Waals surface area contributed by atoms with Crippen molar-refractivity contribution in [1.29, 1.82) is 0 Å². The SMILES string of the molecule is COCC(O)CCNCCc1ccncc1. The molecule has 90 valence electrons. The number of methoxy groups -OCH3 is 1. The van der Waals surface area contributed by atoms with E-state index in [9.17, 15) is 5.11 Å². The minimum absolute atomic E-state index is 0.363. The quantitative estimate of drug-likeness (QED) is 0.635. The third kappa shape index (κ3) is 5.80. The van der Waals surface area contributed by atoms with Crippen molar-refractivity contribution in [3.8, 4) is 0 Å². The van der Waals surface area contributed by atoms with Crippen LogP contribution in [0.2, 0.25) is 0 Å². The van der Waals surface area contributed by atoms with Gasteiger partial charge in [0.05, 0.1) is 12.7 Å². The highest BCUT2D eigenvalue weighted by atomic mass is 16.5. The number of rotatable bonds is 8. The molecule has 1 rings (SSSR count).